The molecule has 0 aliphatic rings. The number of carbonyl (C=O) groups excluding carboxylic acids is 1. The number of hydrogen-bond acceptors (Lipinski definition) is 7. The van der Waals surface area contributed by atoms with Crippen LogP contribution in [0.5, 0.6) is 0 Å². The second-order valence-electron chi connectivity index (χ2n) is 5.63. The van der Waals surface area contributed by atoms with Crippen LogP contribution in [0.2, 0.25) is 0 Å². The molecule has 2 aromatic carbocycles. The van der Waals surface area contributed by atoms with E-state index in [-0.39, 0.29) is 5.56 Å². The number of aromatic carboxylic acids is 1. The minimum atomic E-state index is -0.968. The maximum atomic E-state index is 11.0. The lowest BCUT2D eigenvalue weighted by molar-refractivity contribution is 0.0697. The summed E-state index contributed by atoms with van der Waals surface area (Å²) in [4.78, 5) is 28.2. The lowest BCUT2D eigenvalue weighted by atomic mass is 10.1. The third-order valence-corrected chi connectivity index (χ3v) is 3.88. The van der Waals surface area contributed by atoms with E-state index in [1.807, 2.05) is 31.3 Å². The van der Waals surface area contributed by atoms with Crippen molar-refractivity contribution in [2.75, 3.05) is 12.4 Å². The summed E-state index contributed by atoms with van der Waals surface area (Å²) < 4.78 is 5.35. The molecule has 8 nitrogen and oxygen atoms in total. The number of fused-ring (bicyclic) bond motifs is 1. The molecule has 28 heavy (non-hydrogen) atoms. The number of nitrogens with zero attached hydrogens (tertiary/aromatic N) is 3. The Hall–Kier alpha value is -4.07. The third-order valence-electron chi connectivity index (χ3n) is 3.88. The molecular weight excluding hydrogens is 360 g/mol. The average Bonchev–Trinajstić information content (AvgIpc) is 3.18. The Morgan fingerprint density at radius 2 is 1.93 bits per heavy atom. The summed E-state index contributed by atoms with van der Waals surface area (Å²) in [6, 6.07) is 13.9. The van der Waals surface area contributed by atoms with Gasteiger partial charge in [0.05, 0.1) is 10.9 Å². The van der Waals surface area contributed by atoms with Crippen molar-refractivity contribution in [1.29, 1.82) is 0 Å². The van der Waals surface area contributed by atoms with Crippen LogP contribution in [0.25, 0.3) is 22.2 Å². The highest BCUT2D eigenvalue weighted by Gasteiger charge is 2.13. The van der Waals surface area contributed by atoms with Gasteiger partial charge in [0.15, 0.2) is 12.0 Å². The molecule has 0 saturated carbocycles. The van der Waals surface area contributed by atoms with Gasteiger partial charge in [-0.25, -0.2) is 14.8 Å². The Balaban J connectivity index is 0.000000236. The van der Waals surface area contributed by atoms with Gasteiger partial charge in [0.2, 0.25) is 0 Å². The van der Waals surface area contributed by atoms with Crippen molar-refractivity contribution in [2.45, 2.75) is 0 Å². The fraction of sp³-hybridized carbons (Fsp3) is 0.0500. The van der Waals surface area contributed by atoms with Gasteiger partial charge in [-0.2, -0.15) is 0 Å². The number of aromatic nitrogens is 3. The molecule has 0 aliphatic heterocycles. The molecule has 0 spiro atoms. The Labute approximate surface area is 159 Å². The zero-order valence-electron chi connectivity index (χ0n) is 14.9. The van der Waals surface area contributed by atoms with E-state index in [4.69, 9.17) is 9.63 Å². The molecule has 0 fully saturated rings. The van der Waals surface area contributed by atoms with Crippen molar-refractivity contribution >= 4 is 28.8 Å². The zero-order chi connectivity index (χ0) is 19.9. The maximum Gasteiger partial charge on any atom is 0.335 e. The first-order valence-electron chi connectivity index (χ1n) is 8.24. The number of carboxylic acids is 1. The molecule has 2 aromatic heterocycles. The minimum absolute atomic E-state index is 0.216. The number of aldehydes is 1. The standard InChI is InChI=1S/C15H12N2O3.C5H4N2O/c1-16-11-5-2-9(3-6-11)14-12-8-10(15(18)19)4-7-13(12)17-20-14;8-3-5-1-2-6-4-7-5/h2-8,16H,1H3,(H,18,19);1-4H. The van der Waals surface area contributed by atoms with Gasteiger partial charge in [-0.3, -0.25) is 4.79 Å². The number of carboxylic acid groups (broad SMARTS) is 1. The van der Waals surface area contributed by atoms with Crippen molar-refractivity contribution in [1.82, 2.24) is 15.1 Å². The van der Waals surface area contributed by atoms with Crippen LogP contribution in [0.3, 0.4) is 0 Å². The molecule has 8 heteroatoms. The summed E-state index contributed by atoms with van der Waals surface area (Å²) >= 11 is 0. The van der Waals surface area contributed by atoms with Gasteiger partial charge in [-0.1, -0.05) is 5.16 Å². The number of benzene rings is 2. The Bertz CT molecular complexity index is 1090. The highest BCUT2D eigenvalue weighted by Crippen LogP contribution is 2.30. The van der Waals surface area contributed by atoms with E-state index in [0.717, 1.165) is 11.3 Å². The minimum Gasteiger partial charge on any atom is -0.478 e. The first-order valence-corrected chi connectivity index (χ1v) is 8.24. The van der Waals surface area contributed by atoms with Crippen molar-refractivity contribution in [3.05, 3.63) is 72.3 Å². The van der Waals surface area contributed by atoms with Crippen LogP contribution in [0, 0.1) is 0 Å². The summed E-state index contributed by atoms with van der Waals surface area (Å²) in [5, 5.41) is 16.7. The predicted molar refractivity (Wildman–Crippen MR) is 103 cm³/mol. The second-order valence-corrected chi connectivity index (χ2v) is 5.63. The lowest BCUT2D eigenvalue weighted by Gasteiger charge is -2.01. The molecule has 2 heterocycles. The van der Waals surface area contributed by atoms with E-state index < -0.39 is 5.97 Å². The summed E-state index contributed by atoms with van der Waals surface area (Å²) in [6.07, 6.45) is 3.54. The molecule has 0 bridgehead atoms. The van der Waals surface area contributed by atoms with E-state index >= 15 is 0 Å². The number of anilines is 1. The van der Waals surface area contributed by atoms with Gasteiger partial charge in [0, 0.05) is 24.5 Å². The smallest absolute Gasteiger partial charge is 0.335 e. The first-order chi connectivity index (χ1) is 13.6. The fourth-order valence-electron chi connectivity index (χ4n) is 2.44. The van der Waals surface area contributed by atoms with Gasteiger partial charge in [-0.05, 0) is 48.5 Å². The number of hydrogen-bond donors (Lipinski definition) is 2. The van der Waals surface area contributed by atoms with E-state index in [1.165, 1.54) is 18.6 Å². The van der Waals surface area contributed by atoms with Crippen LogP contribution in [-0.4, -0.2) is 39.5 Å². The maximum absolute atomic E-state index is 11.0. The molecule has 4 aromatic rings. The summed E-state index contributed by atoms with van der Waals surface area (Å²) in [6.45, 7) is 0. The van der Waals surface area contributed by atoms with Crippen molar-refractivity contribution in [3.63, 3.8) is 0 Å². The van der Waals surface area contributed by atoms with Gasteiger partial charge >= 0.3 is 5.97 Å². The van der Waals surface area contributed by atoms with Crippen LogP contribution < -0.4 is 5.32 Å². The largest absolute Gasteiger partial charge is 0.478 e. The van der Waals surface area contributed by atoms with E-state index in [1.54, 1.807) is 18.2 Å². The monoisotopic (exact) mass is 376 g/mol. The van der Waals surface area contributed by atoms with Crippen LogP contribution in [0.15, 0.2) is 65.6 Å². The predicted octanol–water partition coefficient (Wildman–Crippen LogP) is 3.52. The molecule has 2 N–H and O–H groups in total. The molecule has 0 radical (unpaired) electrons. The number of nitrogens with one attached hydrogen (secondary N) is 1. The summed E-state index contributed by atoms with van der Waals surface area (Å²) in [5.74, 6) is -0.393. The molecular formula is C20H16N4O4. The second kappa shape index (κ2) is 8.54. The third kappa shape index (κ3) is 4.18. The SMILES string of the molecule is CNc1ccc(-c2onc3ccc(C(=O)O)cc23)cc1.O=Cc1ccncn1. The van der Waals surface area contributed by atoms with Crippen LogP contribution in [-0.2, 0) is 0 Å². The van der Waals surface area contributed by atoms with E-state index in [9.17, 15) is 9.59 Å². The fourth-order valence-corrected chi connectivity index (χ4v) is 2.44. The van der Waals surface area contributed by atoms with Crippen molar-refractivity contribution in [3.8, 4) is 11.3 Å². The average molecular weight is 376 g/mol. The van der Waals surface area contributed by atoms with E-state index in [2.05, 4.69) is 20.4 Å². The number of rotatable bonds is 4. The topological polar surface area (TPSA) is 118 Å². The van der Waals surface area contributed by atoms with Crippen LogP contribution in [0.1, 0.15) is 20.8 Å². The molecule has 0 aliphatic carbocycles. The van der Waals surface area contributed by atoms with E-state index in [0.29, 0.717) is 28.6 Å². The quantitative estimate of drug-likeness (QED) is 0.519. The van der Waals surface area contributed by atoms with Gasteiger partial charge in [0.1, 0.15) is 17.5 Å². The molecule has 140 valence electrons. The van der Waals surface area contributed by atoms with Crippen molar-refractivity contribution in [2.24, 2.45) is 0 Å². The Morgan fingerprint density at radius 3 is 2.50 bits per heavy atom. The first kappa shape index (κ1) is 18.7. The molecule has 4 rings (SSSR count). The summed E-state index contributed by atoms with van der Waals surface area (Å²) in [7, 11) is 1.85. The summed E-state index contributed by atoms with van der Waals surface area (Å²) in [5.41, 5.74) is 3.12. The van der Waals surface area contributed by atoms with Crippen LogP contribution in [0.4, 0.5) is 5.69 Å². The highest BCUT2D eigenvalue weighted by molar-refractivity contribution is 5.98. The van der Waals surface area contributed by atoms with Gasteiger partial charge in [-0.15, -0.1) is 0 Å². The lowest BCUT2D eigenvalue weighted by Crippen LogP contribution is -1.94. The Morgan fingerprint density at radius 1 is 1.14 bits per heavy atom. The van der Waals surface area contributed by atoms with Gasteiger partial charge in [0.25, 0.3) is 0 Å². The highest BCUT2D eigenvalue weighted by atomic mass is 16.5. The van der Waals surface area contributed by atoms with Gasteiger partial charge < -0.3 is 14.9 Å². The normalized spacial score (nSPS) is 10.0. The Kier molecular flexibility index (Phi) is 5.71. The molecule has 0 atom stereocenters. The zero-order valence-corrected chi connectivity index (χ0v) is 14.9. The molecule has 0 amide bonds. The van der Waals surface area contributed by atoms with Crippen molar-refractivity contribution < 1.29 is 19.2 Å². The number of carbonyl (C=O) groups is 2. The van der Waals surface area contributed by atoms with Crippen LogP contribution >= 0.6 is 0 Å². The molecule has 0 saturated heterocycles. The molecule has 0 unspecified atom stereocenters.